The first kappa shape index (κ1) is 11.9. The smallest absolute Gasteiger partial charge is 0.316 e. The average molecular weight is 226 g/mol. The first-order chi connectivity index (χ1) is 7.13. The van der Waals surface area contributed by atoms with Crippen LogP contribution in [-0.2, 0) is 4.79 Å². The third-order valence-electron chi connectivity index (χ3n) is 1.92. The van der Waals surface area contributed by atoms with Crippen molar-refractivity contribution in [1.29, 1.82) is 0 Å². The topological polar surface area (TPSA) is 57.5 Å². The van der Waals surface area contributed by atoms with Crippen LogP contribution in [0.15, 0.2) is 29.2 Å². The predicted octanol–water partition coefficient (Wildman–Crippen LogP) is 2.74. The Morgan fingerprint density at radius 3 is 2.80 bits per heavy atom. The molecule has 1 aromatic rings. The van der Waals surface area contributed by atoms with Gasteiger partial charge < -0.3 is 10.2 Å². The summed E-state index contributed by atoms with van der Waals surface area (Å²) in [5, 5.41) is 17.8. The lowest BCUT2D eigenvalue weighted by Gasteiger charge is -2.10. The molecule has 0 fully saturated rings. The van der Waals surface area contributed by atoms with E-state index < -0.39 is 11.2 Å². The highest BCUT2D eigenvalue weighted by molar-refractivity contribution is 8.00. The summed E-state index contributed by atoms with van der Waals surface area (Å²) in [4.78, 5) is 11.7. The Morgan fingerprint density at radius 1 is 1.53 bits per heavy atom. The minimum absolute atomic E-state index is 0.167. The second kappa shape index (κ2) is 5.66. The summed E-state index contributed by atoms with van der Waals surface area (Å²) in [6.45, 7) is 1.96. The van der Waals surface area contributed by atoms with Crippen LogP contribution in [0.3, 0.4) is 0 Å². The fourth-order valence-corrected chi connectivity index (χ4v) is 2.34. The first-order valence-electron chi connectivity index (χ1n) is 4.82. The van der Waals surface area contributed by atoms with E-state index in [4.69, 9.17) is 5.11 Å². The molecule has 2 N–H and O–H groups in total. The number of hydrogen-bond donors (Lipinski definition) is 2. The second-order valence-electron chi connectivity index (χ2n) is 3.23. The van der Waals surface area contributed by atoms with E-state index in [0.29, 0.717) is 6.42 Å². The van der Waals surface area contributed by atoms with Gasteiger partial charge in [-0.3, -0.25) is 4.79 Å². The van der Waals surface area contributed by atoms with Crippen LogP contribution in [0.4, 0.5) is 0 Å². The van der Waals surface area contributed by atoms with Crippen molar-refractivity contribution in [1.82, 2.24) is 0 Å². The van der Waals surface area contributed by atoms with Crippen molar-refractivity contribution >= 4 is 17.7 Å². The number of thioether (sulfide) groups is 1. The van der Waals surface area contributed by atoms with Gasteiger partial charge in [0.05, 0.1) is 0 Å². The van der Waals surface area contributed by atoms with Gasteiger partial charge >= 0.3 is 5.97 Å². The maximum Gasteiger partial charge on any atom is 0.316 e. The van der Waals surface area contributed by atoms with Gasteiger partial charge in [0.15, 0.2) is 0 Å². The number of aromatic hydroxyl groups is 1. The zero-order chi connectivity index (χ0) is 11.3. The van der Waals surface area contributed by atoms with Crippen molar-refractivity contribution in [2.75, 3.05) is 0 Å². The molecule has 1 unspecified atom stereocenters. The molecule has 3 nitrogen and oxygen atoms in total. The minimum atomic E-state index is -0.801. The Hall–Kier alpha value is -1.16. The number of carboxylic acid groups (broad SMARTS) is 1. The van der Waals surface area contributed by atoms with Crippen LogP contribution in [0.1, 0.15) is 19.8 Å². The number of aliphatic carboxylic acids is 1. The quantitative estimate of drug-likeness (QED) is 0.758. The van der Waals surface area contributed by atoms with Gasteiger partial charge in [0, 0.05) is 4.90 Å². The predicted molar refractivity (Wildman–Crippen MR) is 60.3 cm³/mol. The summed E-state index contributed by atoms with van der Waals surface area (Å²) >= 11 is 1.28. The second-order valence-corrected chi connectivity index (χ2v) is 4.51. The number of phenols is 1. The van der Waals surface area contributed by atoms with Gasteiger partial charge in [0.1, 0.15) is 11.0 Å². The van der Waals surface area contributed by atoms with E-state index in [1.165, 1.54) is 11.8 Å². The SMILES string of the molecule is CCCC(Sc1cccc(O)c1)C(=O)O. The molecular weight excluding hydrogens is 212 g/mol. The summed E-state index contributed by atoms with van der Waals surface area (Å²) in [5.41, 5.74) is 0. The summed E-state index contributed by atoms with van der Waals surface area (Å²) in [6, 6.07) is 6.66. The standard InChI is InChI=1S/C11H14O3S/c1-2-4-10(11(13)14)15-9-6-3-5-8(12)7-9/h3,5-7,10,12H,2,4H2,1H3,(H,13,14). The molecule has 0 amide bonds. The van der Waals surface area contributed by atoms with Gasteiger partial charge in [-0.2, -0.15) is 0 Å². The Balaban J connectivity index is 2.69. The monoisotopic (exact) mass is 226 g/mol. The molecule has 0 aromatic heterocycles. The lowest BCUT2D eigenvalue weighted by atomic mass is 10.2. The van der Waals surface area contributed by atoms with Crippen molar-refractivity contribution in [3.8, 4) is 5.75 Å². The van der Waals surface area contributed by atoms with Gasteiger partial charge in [0.25, 0.3) is 0 Å². The van der Waals surface area contributed by atoms with E-state index in [-0.39, 0.29) is 5.75 Å². The number of carbonyl (C=O) groups is 1. The molecule has 0 spiro atoms. The number of carboxylic acids is 1. The molecule has 15 heavy (non-hydrogen) atoms. The number of rotatable bonds is 5. The Bertz CT molecular complexity index is 338. The van der Waals surface area contributed by atoms with E-state index in [9.17, 15) is 9.90 Å². The molecule has 82 valence electrons. The number of hydrogen-bond acceptors (Lipinski definition) is 3. The Labute approximate surface area is 93.1 Å². The molecule has 0 saturated heterocycles. The normalized spacial score (nSPS) is 12.3. The highest BCUT2D eigenvalue weighted by atomic mass is 32.2. The van der Waals surface area contributed by atoms with Gasteiger partial charge in [-0.25, -0.2) is 0 Å². The third kappa shape index (κ3) is 3.83. The fourth-order valence-electron chi connectivity index (χ4n) is 1.22. The molecule has 1 rings (SSSR count). The zero-order valence-electron chi connectivity index (χ0n) is 8.51. The van der Waals surface area contributed by atoms with Crippen LogP contribution in [0, 0.1) is 0 Å². The van der Waals surface area contributed by atoms with Crippen molar-refractivity contribution in [2.45, 2.75) is 29.9 Å². The van der Waals surface area contributed by atoms with Crippen LogP contribution in [0.5, 0.6) is 5.75 Å². The van der Waals surface area contributed by atoms with E-state index in [1.54, 1.807) is 24.3 Å². The molecule has 0 saturated carbocycles. The van der Waals surface area contributed by atoms with Gasteiger partial charge in [-0.05, 0) is 24.6 Å². The molecule has 1 aromatic carbocycles. The maximum atomic E-state index is 10.9. The lowest BCUT2D eigenvalue weighted by molar-refractivity contribution is -0.136. The largest absolute Gasteiger partial charge is 0.508 e. The zero-order valence-corrected chi connectivity index (χ0v) is 9.33. The number of benzene rings is 1. The highest BCUT2D eigenvalue weighted by Crippen LogP contribution is 2.28. The fraction of sp³-hybridized carbons (Fsp3) is 0.364. The summed E-state index contributed by atoms with van der Waals surface area (Å²) in [7, 11) is 0. The molecule has 0 radical (unpaired) electrons. The van der Waals surface area contributed by atoms with Crippen LogP contribution >= 0.6 is 11.8 Å². The minimum Gasteiger partial charge on any atom is -0.508 e. The average Bonchev–Trinajstić information content (AvgIpc) is 2.17. The van der Waals surface area contributed by atoms with E-state index in [2.05, 4.69) is 0 Å². The van der Waals surface area contributed by atoms with Crippen molar-refractivity contribution in [3.63, 3.8) is 0 Å². The molecule has 0 aliphatic carbocycles. The molecule has 0 heterocycles. The molecule has 0 aliphatic rings. The van der Waals surface area contributed by atoms with Gasteiger partial charge in [-0.1, -0.05) is 19.4 Å². The van der Waals surface area contributed by atoms with E-state index in [0.717, 1.165) is 11.3 Å². The van der Waals surface area contributed by atoms with Crippen LogP contribution in [-0.4, -0.2) is 21.4 Å². The van der Waals surface area contributed by atoms with Crippen LogP contribution in [0.2, 0.25) is 0 Å². The summed E-state index contributed by atoms with van der Waals surface area (Å²) in [5.74, 6) is -0.633. The summed E-state index contributed by atoms with van der Waals surface area (Å²) < 4.78 is 0. The maximum absolute atomic E-state index is 10.9. The van der Waals surface area contributed by atoms with E-state index in [1.807, 2.05) is 6.92 Å². The van der Waals surface area contributed by atoms with Crippen molar-refractivity contribution in [2.24, 2.45) is 0 Å². The Kier molecular flexibility index (Phi) is 4.49. The van der Waals surface area contributed by atoms with Crippen molar-refractivity contribution in [3.05, 3.63) is 24.3 Å². The van der Waals surface area contributed by atoms with Crippen molar-refractivity contribution < 1.29 is 15.0 Å². The molecule has 0 aliphatic heterocycles. The van der Waals surface area contributed by atoms with Gasteiger partial charge in [0.2, 0.25) is 0 Å². The molecule has 0 bridgehead atoms. The number of phenolic OH excluding ortho intramolecular Hbond substituents is 1. The van der Waals surface area contributed by atoms with E-state index >= 15 is 0 Å². The Morgan fingerprint density at radius 2 is 2.27 bits per heavy atom. The van der Waals surface area contributed by atoms with Crippen LogP contribution in [0.25, 0.3) is 0 Å². The summed E-state index contributed by atoms with van der Waals surface area (Å²) in [6.07, 6.45) is 1.47. The van der Waals surface area contributed by atoms with Gasteiger partial charge in [-0.15, -0.1) is 11.8 Å². The first-order valence-corrected chi connectivity index (χ1v) is 5.70. The lowest BCUT2D eigenvalue weighted by Crippen LogP contribution is -2.15. The van der Waals surface area contributed by atoms with Crippen LogP contribution < -0.4 is 0 Å². The third-order valence-corrected chi connectivity index (χ3v) is 3.17. The highest BCUT2D eigenvalue weighted by Gasteiger charge is 2.17. The molecular formula is C11H14O3S. The molecule has 1 atom stereocenters. The molecule has 4 heteroatoms.